The van der Waals surface area contributed by atoms with E-state index < -0.39 is 18.0 Å². The van der Waals surface area contributed by atoms with Crippen LogP contribution in [0.4, 0.5) is 4.79 Å². The summed E-state index contributed by atoms with van der Waals surface area (Å²) >= 11 is 0. The van der Waals surface area contributed by atoms with Crippen molar-refractivity contribution in [3.05, 3.63) is 0 Å². The van der Waals surface area contributed by atoms with Gasteiger partial charge in [0.15, 0.2) is 0 Å². The first-order chi connectivity index (χ1) is 9.49. The van der Waals surface area contributed by atoms with Crippen molar-refractivity contribution in [1.82, 2.24) is 10.2 Å². The first kappa shape index (κ1) is 15.1. The fourth-order valence-corrected chi connectivity index (χ4v) is 2.90. The summed E-state index contributed by atoms with van der Waals surface area (Å²) in [5.74, 6) is -1.19. The number of nitrogens with one attached hydrogen (secondary N) is 1. The molecule has 0 aromatic heterocycles. The summed E-state index contributed by atoms with van der Waals surface area (Å²) in [4.78, 5) is 24.5. The van der Waals surface area contributed by atoms with Crippen LogP contribution >= 0.6 is 0 Å². The lowest BCUT2D eigenvalue weighted by atomic mass is 9.87. The van der Waals surface area contributed by atoms with Gasteiger partial charge in [0.2, 0.25) is 0 Å². The van der Waals surface area contributed by atoms with E-state index in [1.807, 2.05) is 0 Å². The highest BCUT2D eigenvalue weighted by molar-refractivity contribution is 5.76. The van der Waals surface area contributed by atoms with Gasteiger partial charge in [-0.3, -0.25) is 4.79 Å². The molecule has 2 amide bonds. The molecule has 1 heterocycles. The molecular weight excluding hydrogens is 260 g/mol. The number of carbonyl (C=O) groups is 2. The highest BCUT2D eigenvalue weighted by Crippen LogP contribution is 2.25. The summed E-state index contributed by atoms with van der Waals surface area (Å²) in [7, 11) is 0. The molecule has 20 heavy (non-hydrogen) atoms. The molecule has 2 fully saturated rings. The van der Waals surface area contributed by atoms with Crippen LogP contribution in [0.15, 0.2) is 0 Å². The average Bonchev–Trinajstić information content (AvgIpc) is 2.53. The Morgan fingerprint density at radius 3 is 2.50 bits per heavy atom. The second-order valence-corrected chi connectivity index (χ2v) is 6.05. The molecule has 0 bridgehead atoms. The number of likely N-dealkylation sites (tertiary alicyclic amines) is 1. The van der Waals surface area contributed by atoms with Gasteiger partial charge in [0.25, 0.3) is 0 Å². The Hall–Kier alpha value is -1.30. The maximum absolute atomic E-state index is 12.0. The van der Waals surface area contributed by atoms with Crippen molar-refractivity contribution in [3.63, 3.8) is 0 Å². The number of hydrogen-bond donors (Lipinski definition) is 3. The highest BCUT2D eigenvalue weighted by Gasteiger charge is 2.38. The zero-order chi connectivity index (χ0) is 14.7. The van der Waals surface area contributed by atoms with Gasteiger partial charge in [0, 0.05) is 19.0 Å². The summed E-state index contributed by atoms with van der Waals surface area (Å²) in [6.07, 6.45) is 4.23. The van der Waals surface area contributed by atoms with Crippen molar-refractivity contribution in [3.8, 4) is 0 Å². The maximum Gasteiger partial charge on any atom is 0.317 e. The Kier molecular flexibility index (Phi) is 4.86. The van der Waals surface area contributed by atoms with E-state index in [4.69, 9.17) is 5.11 Å². The molecule has 3 N–H and O–H groups in total. The summed E-state index contributed by atoms with van der Waals surface area (Å²) in [6, 6.07) is -0.342. The molecule has 0 radical (unpaired) electrons. The molecule has 1 aliphatic carbocycles. The largest absolute Gasteiger partial charge is 0.481 e. The van der Waals surface area contributed by atoms with E-state index in [2.05, 4.69) is 5.32 Å². The molecule has 6 heteroatoms. The zero-order valence-electron chi connectivity index (χ0n) is 11.9. The third kappa shape index (κ3) is 3.42. The first-order valence-electron chi connectivity index (χ1n) is 7.45. The van der Waals surface area contributed by atoms with Gasteiger partial charge in [-0.25, -0.2) is 4.79 Å². The Bertz CT molecular complexity index is 368. The number of nitrogens with zero attached hydrogens (tertiary/aromatic N) is 1. The molecule has 6 nitrogen and oxygen atoms in total. The zero-order valence-corrected chi connectivity index (χ0v) is 11.9. The molecule has 1 saturated carbocycles. The van der Waals surface area contributed by atoms with Crippen LogP contribution in [-0.2, 0) is 4.79 Å². The normalized spacial score (nSPS) is 29.2. The third-order valence-electron chi connectivity index (χ3n) is 4.58. The summed E-state index contributed by atoms with van der Waals surface area (Å²) in [5, 5.41) is 21.8. The van der Waals surface area contributed by atoms with Gasteiger partial charge < -0.3 is 20.4 Å². The van der Waals surface area contributed by atoms with Gasteiger partial charge in [0.05, 0.1) is 18.1 Å². The van der Waals surface area contributed by atoms with Gasteiger partial charge >= 0.3 is 12.0 Å². The fourth-order valence-electron chi connectivity index (χ4n) is 2.90. The number of rotatable bonds is 3. The number of carboxylic acid groups (broad SMARTS) is 1. The minimum absolute atomic E-state index is 0.0392. The summed E-state index contributed by atoms with van der Waals surface area (Å²) < 4.78 is 0. The Morgan fingerprint density at radius 1 is 1.20 bits per heavy atom. The van der Waals surface area contributed by atoms with Gasteiger partial charge in [-0.2, -0.15) is 0 Å². The molecule has 2 aliphatic rings. The molecule has 2 rings (SSSR count). The maximum atomic E-state index is 12.0. The second-order valence-electron chi connectivity index (χ2n) is 6.05. The quantitative estimate of drug-likeness (QED) is 0.676. The van der Waals surface area contributed by atoms with Crippen LogP contribution in [0.2, 0.25) is 0 Å². The lowest BCUT2D eigenvalue weighted by Crippen LogP contribution is -2.59. The third-order valence-corrected chi connectivity index (χ3v) is 4.58. The van der Waals surface area contributed by atoms with Crippen molar-refractivity contribution >= 4 is 12.0 Å². The van der Waals surface area contributed by atoms with Crippen molar-refractivity contribution < 1.29 is 19.8 Å². The van der Waals surface area contributed by atoms with Crippen molar-refractivity contribution in [2.75, 3.05) is 13.1 Å². The van der Waals surface area contributed by atoms with Crippen molar-refractivity contribution in [2.24, 2.45) is 11.8 Å². The predicted molar refractivity (Wildman–Crippen MR) is 73.3 cm³/mol. The number of amides is 2. The van der Waals surface area contributed by atoms with E-state index in [9.17, 15) is 14.7 Å². The van der Waals surface area contributed by atoms with Crippen LogP contribution in [-0.4, -0.2) is 52.3 Å². The lowest BCUT2D eigenvalue weighted by Gasteiger charge is -2.41. The monoisotopic (exact) mass is 284 g/mol. The van der Waals surface area contributed by atoms with E-state index in [0.29, 0.717) is 13.1 Å². The standard InChI is InChI=1S/C14H24N2O4/c1-9(13(18)19)10-7-16(8-10)14(20)15-11-5-3-2-4-6-12(11)17/h9-12,17H,2-8H2,1H3,(H,15,20)(H,18,19). The predicted octanol–water partition coefficient (Wildman–Crippen LogP) is 1.04. The smallest absolute Gasteiger partial charge is 0.317 e. The van der Waals surface area contributed by atoms with E-state index >= 15 is 0 Å². The van der Waals surface area contributed by atoms with Crippen LogP contribution in [0.1, 0.15) is 39.0 Å². The molecule has 1 saturated heterocycles. The number of aliphatic hydroxyl groups excluding tert-OH is 1. The highest BCUT2D eigenvalue weighted by atomic mass is 16.4. The number of aliphatic carboxylic acids is 1. The molecule has 114 valence electrons. The first-order valence-corrected chi connectivity index (χ1v) is 7.45. The van der Waals surface area contributed by atoms with Crippen molar-refractivity contribution in [2.45, 2.75) is 51.2 Å². The SMILES string of the molecule is CC(C(=O)O)C1CN(C(=O)NC2CCCCCC2O)C1. The van der Waals surface area contributed by atoms with E-state index in [-0.39, 0.29) is 18.0 Å². The number of carboxylic acids is 1. The minimum Gasteiger partial charge on any atom is -0.481 e. The number of urea groups is 1. The van der Waals surface area contributed by atoms with Gasteiger partial charge in [-0.05, 0) is 12.8 Å². The van der Waals surface area contributed by atoms with E-state index in [0.717, 1.165) is 32.1 Å². The summed E-state index contributed by atoms with van der Waals surface area (Å²) in [5.41, 5.74) is 0. The molecular formula is C14H24N2O4. The number of hydrogen-bond acceptors (Lipinski definition) is 3. The number of aliphatic hydroxyl groups is 1. The van der Waals surface area contributed by atoms with Gasteiger partial charge in [-0.15, -0.1) is 0 Å². The Balaban J connectivity index is 1.77. The lowest BCUT2D eigenvalue weighted by molar-refractivity contribution is -0.144. The minimum atomic E-state index is -0.811. The van der Waals surface area contributed by atoms with Crippen LogP contribution in [0, 0.1) is 11.8 Å². The Labute approximate surface area is 119 Å². The van der Waals surface area contributed by atoms with Crippen LogP contribution in [0.25, 0.3) is 0 Å². The second kappa shape index (κ2) is 6.43. The molecule has 0 aromatic carbocycles. The van der Waals surface area contributed by atoms with Crippen molar-refractivity contribution in [1.29, 1.82) is 0 Å². The average molecular weight is 284 g/mol. The Morgan fingerprint density at radius 2 is 1.85 bits per heavy atom. The molecule has 0 spiro atoms. The fraction of sp³-hybridized carbons (Fsp3) is 0.857. The molecule has 1 aliphatic heterocycles. The topological polar surface area (TPSA) is 89.9 Å². The molecule has 3 atom stereocenters. The summed E-state index contributed by atoms with van der Waals surface area (Å²) in [6.45, 7) is 2.65. The van der Waals surface area contributed by atoms with Crippen LogP contribution in [0.5, 0.6) is 0 Å². The molecule has 3 unspecified atom stereocenters. The van der Waals surface area contributed by atoms with Gasteiger partial charge in [0.1, 0.15) is 0 Å². The molecule has 0 aromatic rings. The van der Waals surface area contributed by atoms with E-state index in [1.165, 1.54) is 0 Å². The van der Waals surface area contributed by atoms with Gasteiger partial charge in [-0.1, -0.05) is 26.2 Å². The van der Waals surface area contributed by atoms with E-state index in [1.54, 1.807) is 11.8 Å². The van der Waals surface area contributed by atoms with Crippen LogP contribution < -0.4 is 5.32 Å². The van der Waals surface area contributed by atoms with Crippen LogP contribution in [0.3, 0.4) is 0 Å². The number of carbonyl (C=O) groups excluding carboxylic acids is 1.